The monoisotopic (exact) mass is 257 g/mol. The molecule has 0 spiro atoms. The average Bonchev–Trinajstić information content (AvgIpc) is 2.88. The lowest BCUT2D eigenvalue weighted by molar-refractivity contribution is -0.114. The molecule has 96 valence electrons. The van der Waals surface area contributed by atoms with E-state index in [1.165, 1.54) is 4.90 Å². The lowest BCUT2D eigenvalue weighted by Crippen LogP contribution is -2.29. The molecule has 3 rings (SSSR count). The van der Waals surface area contributed by atoms with Crippen molar-refractivity contribution in [1.29, 1.82) is 0 Å². The molecule has 2 heterocycles. The second-order valence-electron chi connectivity index (χ2n) is 4.47. The number of anilines is 1. The number of hydrogen-bond acceptors (Lipinski definition) is 5. The van der Waals surface area contributed by atoms with Crippen molar-refractivity contribution in [3.05, 3.63) is 41.0 Å². The molecule has 6 nitrogen and oxygen atoms in total. The predicted molar refractivity (Wildman–Crippen MR) is 65.7 cm³/mol. The summed E-state index contributed by atoms with van der Waals surface area (Å²) in [6.45, 7) is 3.69. The van der Waals surface area contributed by atoms with Gasteiger partial charge in [-0.25, -0.2) is 0 Å². The number of aromatic nitrogens is 2. The van der Waals surface area contributed by atoms with Gasteiger partial charge in [-0.1, -0.05) is 16.8 Å². The maximum Gasteiger partial charge on any atom is 0.299 e. The summed E-state index contributed by atoms with van der Waals surface area (Å²) in [5.74, 6) is -0.230. The highest BCUT2D eigenvalue weighted by Crippen LogP contribution is 2.30. The molecule has 1 aliphatic rings. The van der Waals surface area contributed by atoms with Crippen molar-refractivity contribution in [2.45, 2.75) is 20.4 Å². The van der Waals surface area contributed by atoms with Crippen LogP contribution in [0.5, 0.6) is 0 Å². The van der Waals surface area contributed by atoms with Gasteiger partial charge < -0.3 is 4.52 Å². The highest BCUT2D eigenvalue weighted by molar-refractivity contribution is 6.52. The van der Waals surface area contributed by atoms with Gasteiger partial charge in [-0.2, -0.15) is 4.98 Å². The first-order chi connectivity index (χ1) is 9.06. The molecule has 0 N–H and O–H groups in total. The minimum absolute atomic E-state index is 0.137. The van der Waals surface area contributed by atoms with Gasteiger partial charge in [0, 0.05) is 6.92 Å². The van der Waals surface area contributed by atoms with Gasteiger partial charge in [0.1, 0.15) is 0 Å². The van der Waals surface area contributed by atoms with Gasteiger partial charge >= 0.3 is 0 Å². The molecule has 1 amide bonds. The van der Waals surface area contributed by atoms with Crippen LogP contribution in [0, 0.1) is 13.8 Å². The molecule has 1 aromatic heterocycles. The Morgan fingerprint density at radius 1 is 1.26 bits per heavy atom. The van der Waals surface area contributed by atoms with Gasteiger partial charge in [-0.15, -0.1) is 0 Å². The second-order valence-corrected chi connectivity index (χ2v) is 4.47. The Hall–Kier alpha value is -2.50. The van der Waals surface area contributed by atoms with Gasteiger partial charge in [0.2, 0.25) is 5.89 Å². The van der Waals surface area contributed by atoms with Gasteiger partial charge in [-0.3, -0.25) is 14.5 Å². The van der Waals surface area contributed by atoms with E-state index in [2.05, 4.69) is 10.1 Å². The van der Waals surface area contributed by atoms with E-state index < -0.39 is 11.7 Å². The van der Waals surface area contributed by atoms with Crippen molar-refractivity contribution in [3.8, 4) is 0 Å². The zero-order valence-electron chi connectivity index (χ0n) is 10.5. The molecule has 0 saturated heterocycles. The number of ketones is 1. The molecule has 2 aromatic rings. The van der Waals surface area contributed by atoms with E-state index in [1.807, 2.05) is 13.0 Å². The third-order valence-electron chi connectivity index (χ3n) is 3.00. The zero-order valence-corrected chi connectivity index (χ0v) is 10.5. The maximum atomic E-state index is 12.0. The van der Waals surface area contributed by atoms with Crippen molar-refractivity contribution in [2.75, 3.05) is 4.90 Å². The number of carbonyl (C=O) groups is 2. The van der Waals surface area contributed by atoms with Crippen LogP contribution in [0.15, 0.2) is 22.7 Å². The molecule has 0 fully saturated rings. The first-order valence-electron chi connectivity index (χ1n) is 5.82. The van der Waals surface area contributed by atoms with Gasteiger partial charge in [0.05, 0.1) is 17.8 Å². The number of amides is 1. The van der Waals surface area contributed by atoms with E-state index >= 15 is 0 Å². The normalized spacial score (nSPS) is 14.1. The van der Waals surface area contributed by atoms with Crippen molar-refractivity contribution in [1.82, 2.24) is 10.1 Å². The van der Waals surface area contributed by atoms with Crippen LogP contribution in [0.2, 0.25) is 0 Å². The molecule has 1 aromatic carbocycles. The highest BCUT2D eigenvalue weighted by Gasteiger charge is 2.36. The standard InChI is InChI=1S/C13H11N3O3/c1-7-3-4-10-9(5-7)12(17)13(18)16(10)6-11-14-8(2)19-15-11/h3-5H,6H2,1-2H3. The van der Waals surface area contributed by atoms with Gasteiger partial charge in [0.25, 0.3) is 11.7 Å². The molecular weight excluding hydrogens is 246 g/mol. The summed E-state index contributed by atoms with van der Waals surface area (Å²) >= 11 is 0. The first-order valence-corrected chi connectivity index (χ1v) is 5.82. The Labute approximate surface area is 109 Å². The molecule has 19 heavy (non-hydrogen) atoms. The van der Waals surface area contributed by atoms with Crippen LogP contribution < -0.4 is 4.90 Å². The van der Waals surface area contributed by atoms with Crippen LogP contribution in [-0.2, 0) is 11.3 Å². The summed E-state index contributed by atoms with van der Waals surface area (Å²) in [5, 5.41) is 3.74. The number of Topliss-reactive ketones (excluding diaryl/α,β-unsaturated/α-hetero) is 1. The summed E-state index contributed by atoms with van der Waals surface area (Å²) in [5.41, 5.74) is 1.98. The highest BCUT2D eigenvalue weighted by atomic mass is 16.5. The van der Waals surface area contributed by atoms with E-state index in [0.717, 1.165) is 5.56 Å². The van der Waals surface area contributed by atoms with Crippen LogP contribution in [0.4, 0.5) is 5.69 Å². The van der Waals surface area contributed by atoms with Crippen molar-refractivity contribution in [2.24, 2.45) is 0 Å². The summed E-state index contributed by atoms with van der Waals surface area (Å²) in [6.07, 6.45) is 0. The Morgan fingerprint density at radius 2 is 2.05 bits per heavy atom. The van der Waals surface area contributed by atoms with E-state index in [-0.39, 0.29) is 6.54 Å². The number of rotatable bonds is 2. The fraction of sp³-hybridized carbons (Fsp3) is 0.231. The molecule has 0 unspecified atom stereocenters. The minimum Gasteiger partial charge on any atom is -0.340 e. The molecule has 6 heteroatoms. The Balaban J connectivity index is 1.99. The fourth-order valence-corrected chi connectivity index (χ4v) is 2.12. The second kappa shape index (κ2) is 4.01. The summed E-state index contributed by atoms with van der Waals surface area (Å²) in [6, 6.07) is 5.34. The molecule has 0 atom stereocenters. The summed E-state index contributed by atoms with van der Waals surface area (Å²) < 4.78 is 4.86. The number of hydrogen-bond donors (Lipinski definition) is 0. The van der Waals surface area contributed by atoms with Crippen LogP contribution in [0.1, 0.15) is 27.6 Å². The largest absolute Gasteiger partial charge is 0.340 e. The fourth-order valence-electron chi connectivity index (χ4n) is 2.12. The van der Waals surface area contributed by atoms with Crippen molar-refractivity contribution < 1.29 is 14.1 Å². The zero-order chi connectivity index (χ0) is 13.6. The van der Waals surface area contributed by atoms with Crippen LogP contribution >= 0.6 is 0 Å². The molecular formula is C13H11N3O3. The smallest absolute Gasteiger partial charge is 0.299 e. The van der Waals surface area contributed by atoms with Crippen molar-refractivity contribution >= 4 is 17.4 Å². The number of benzene rings is 1. The number of fused-ring (bicyclic) bond motifs is 1. The maximum absolute atomic E-state index is 12.0. The third-order valence-corrected chi connectivity index (χ3v) is 3.00. The molecule has 0 saturated carbocycles. The Bertz CT molecular complexity index is 690. The van der Waals surface area contributed by atoms with Crippen LogP contribution in [-0.4, -0.2) is 21.8 Å². The quantitative estimate of drug-likeness (QED) is 0.760. The van der Waals surface area contributed by atoms with Gasteiger partial charge in [0.15, 0.2) is 5.82 Å². The predicted octanol–water partition coefficient (Wildman–Crippen LogP) is 1.42. The molecule has 0 bridgehead atoms. The van der Waals surface area contributed by atoms with E-state index in [1.54, 1.807) is 19.1 Å². The first kappa shape index (κ1) is 11.6. The minimum atomic E-state index is -0.553. The van der Waals surface area contributed by atoms with E-state index in [0.29, 0.717) is 23.0 Å². The number of aryl methyl sites for hydroxylation is 2. The molecule has 0 radical (unpaired) electrons. The summed E-state index contributed by atoms with van der Waals surface area (Å²) in [4.78, 5) is 29.3. The van der Waals surface area contributed by atoms with E-state index in [9.17, 15) is 9.59 Å². The Morgan fingerprint density at radius 3 is 2.74 bits per heavy atom. The lowest BCUT2D eigenvalue weighted by Gasteiger charge is -2.13. The summed E-state index contributed by atoms with van der Waals surface area (Å²) in [7, 11) is 0. The molecule has 0 aliphatic carbocycles. The van der Waals surface area contributed by atoms with Gasteiger partial charge in [-0.05, 0) is 19.1 Å². The SMILES string of the molecule is Cc1ccc2c(c1)C(=O)C(=O)N2Cc1noc(C)n1. The lowest BCUT2D eigenvalue weighted by atomic mass is 10.1. The number of carbonyl (C=O) groups excluding carboxylic acids is 2. The van der Waals surface area contributed by atoms with Crippen LogP contribution in [0.25, 0.3) is 0 Å². The van der Waals surface area contributed by atoms with E-state index in [4.69, 9.17) is 4.52 Å². The van der Waals surface area contributed by atoms with Crippen molar-refractivity contribution in [3.63, 3.8) is 0 Å². The Kier molecular flexibility index (Phi) is 2.45. The number of nitrogens with zero attached hydrogens (tertiary/aromatic N) is 3. The third kappa shape index (κ3) is 1.81. The average molecular weight is 257 g/mol. The molecule has 1 aliphatic heterocycles. The topological polar surface area (TPSA) is 76.3 Å². The van der Waals surface area contributed by atoms with Crippen LogP contribution in [0.3, 0.4) is 0 Å².